The van der Waals surface area contributed by atoms with E-state index in [2.05, 4.69) is 36.6 Å². The molecule has 0 atom stereocenters. The van der Waals surface area contributed by atoms with Crippen molar-refractivity contribution in [1.82, 2.24) is 19.8 Å². The van der Waals surface area contributed by atoms with Gasteiger partial charge >= 0.3 is 6.03 Å². The van der Waals surface area contributed by atoms with E-state index in [0.717, 1.165) is 17.0 Å². The number of nitrogens with one attached hydrogen (secondary N) is 2. The van der Waals surface area contributed by atoms with Gasteiger partial charge in [0.2, 0.25) is 11.9 Å². The number of hydrogen-bond donors (Lipinski definition) is 2. The van der Waals surface area contributed by atoms with Gasteiger partial charge in [0.05, 0.1) is 12.8 Å². The summed E-state index contributed by atoms with van der Waals surface area (Å²) in [5.41, 5.74) is 3.71. The van der Waals surface area contributed by atoms with E-state index >= 15 is 0 Å². The number of imidazole rings is 1. The predicted molar refractivity (Wildman–Crippen MR) is 144 cm³/mol. The van der Waals surface area contributed by atoms with Gasteiger partial charge in [0.15, 0.2) is 0 Å². The maximum Gasteiger partial charge on any atom is 0.317 e. The number of aromatic nitrogens is 2. The van der Waals surface area contributed by atoms with Gasteiger partial charge < -0.3 is 15.0 Å². The molecule has 192 valence electrons. The lowest BCUT2D eigenvalue weighted by atomic mass is 10.0. The molecule has 0 spiro atoms. The molecule has 1 aromatic heterocycles. The molecule has 1 heterocycles. The van der Waals surface area contributed by atoms with Crippen LogP contribution in [0.15, 0.2) is 54.7 Å². The van der Waals surface area contributed by atoms with Gasteiger partial charge in [0.1, 0.15) is 12.3 Å². The highest BCUT2D eigenvalue weighted by Gasteiger charge is 2.20. The average molecular weight is 492 g/mol. The van der Waals surface area contributed by atoms with Crippen LogP contribution in [0.25, 0.3) is 16.9 Å². The Labute approximate surface area is 213 Å². The summed E-state index contributed by atoms with van der Waals surface area (Å²) in [4.78, 5) is 31.8. The summed E-state index contributed by atoms with van der Waals surface area (Å²) in [7, 11) is 1.63. The van der Waals surface area contributed by atoms with Crippen molar-refractivity contribution in [2.75, 3.05) is 32.1 Å². The summed E-state index contributed by atoms with van der Waals surface area (Å²) in [6, 6.07) is 15.6. The Morgan fingerprint density at radius 3 is 2.25 bits per heavy atom. The van der Waals surface area contributed by atoms with Gasteiger partial charge in [-0.15, -0.1) is 0 Å². The Kier molecular flexibility index (Phi) is 9.11. The van der Waals surface area contributed by atoms with Crippen molar-refractivity contribution in [2.45, 2.75) is 40.5 Å². The Morgan fingerprint density at radius 2 is 1.69 bits per heavy atom. The van der Waals surface area contributed by atoms with E-state index in [1.165, 1.54) is 10.5 Å². The van der Waals surface area contributed by atoms with E-state index in [1.54, 1.807) is 7.11 Å². The van der Waals surface area contributed by atoms with Crippen LogP contribution < -0.4 is 15.4 Å². The molecule has 0 unspecified atom stereocenters. The second-order valence-electron chi connectivity index (χ2n) is 9.45. The molecular weight excluding hydrogens is 454 g/mol. The zero-order valence-corrected chi connectivity index (χ0v) is 22.0. The minimum absolute atomic E-state index is 0.0684. The van der Waals surface area contributed by atoms with Crippen LogP contribution in [0.1, 0.15) is 46.1 Å². The highest BCUT2D eigenvalue weighted by molar-refractivity contribution is 5.93. The monoisotopic (exact) mass is 491 g/mol. The number of carbonyl (C=O) groups excluding carboxylic acids is 2. The van der Waals surface area contributed by atoms with Gasteiger partial charge in [-0.05, 0) is 60.7 Å². The number of anilines is 1. The van der Waals surface area contributed by atoms with Gasteiger partial charge in [-0.25, -0.2) is 9.78 Å². The van der Waals surface area contributed by atoms with Gasteiger partial charge in [0, 0.05) is 30.5 Å². The molecule has 0 aliphatic carbocycles. The van der Waals surface area contributed by atoms with Gasteiger partial charge in [0.25, 0.3) is 0 Å². The molecule has 0 radical (unpaired) electrons. The maximum atomic E-state index is 13.1. The quantitative estimate of drug-likeness (QED) is 0.403. The third kappa shape index (κ3) is 6.87. The lowest BCUT2D eigenvalue weighted by Gasteiger charge is -2.24. The summed E-state index contributed by atoms with van der Waals surface area (Å²) in [5.74, 6) is 1.48. The van der Waals surface area contributed by atoms with Crippen LogP contribution in [0, 0.1) is 5.92 Å². The predicted octanol–water partition coefficient (Wildman–Crippen LogP) is 5.30. The van der Waals surface area contributed by atoms with Gasteiger partial charge in [-0.1, -0.05) is 39.8 Å². The first-order valence-corrected chi connectivity index (χ1v) is 12.4. The minimum atomic E-state index is -0.311. The molecule has 3 aromatic rings. The molecular formula is C28H37N5O3. The molecule has 0 fully saturated rings. The third-order valence-electron chi connectivity index (χ3n) is 5.72. The van der Waals surface area contributed by atoms with E-state index < -0.39 is 0 Å². The Balaban J connectivity index is 1.92. The van der Waals surface area contributed by atoms with Crippen molar-refractivity contribution in [1.29, 1.82) is 0 Å². The summed E-state index contributed by atoms with van der Waals surface area (Å²) >= 11 is 0. The Hall–Kier alpha value is -3.81. The van der Waals surface area contributed by atoms with Crippen LogP contribution in [-0.2, 0) is 4.79 Å². The molecule has 2 N–H and O–H groups in total. The number of carbonyl (C=O) groups is 2. The number of benzene rings is 2. The second-order valence-corrected chi connectivity index (χ2v) is 9.45. The fourth-order valence-electron chi connectivity index (χ4n) is 3.85. The average Bonchev–Trinajstić information content (AvgIpc) is 3.27. The van der Waals surface area contributed by atoms with E-state index in [9.17, 15) is 9.59 Å². The Morgan fingerprint density at radius 1 is 1.03 bits per heavy atom. The smallest absolute Gasteiger partial charge is 0.317 e. The molecule has 3 rings (SSSR count). The first-order chi connectivity index (χ1) is 17.2. The standard InChI is InChI=1S/C28H37N5O3/c1-7-29-28(35)32(16-19(2)3)18-26(34)31-27-30-25(22-10-14-24(36-6)15-11-22)17-33(27)23-12-8-21(9-13-23)20(4)5/h8-15,17,19-20H,7,16,18H2,1-6H3,(H,29,35)(H,30,31,34). The van der Waals surface area contributed by atoms with Crippen LogP contribution in [0.4, 0.5) is 10.7 Å². The fraction of sp³-hybridized carbons (Fsp3) is 0.393. The van der Waals surface area contributed by atoms with Crippen molar-refractivity contribution >= 4 is 17.9 Å². The van der Waals surface area contributed by atoms with Crippen molar-refractivity contribution < 1.29 is 14.3 Å². The molecule has 3 amide bonds. The summed E-state index contributed by atoms with van der Waals surface area (Å²) < 4.78 is 7.13. The highest BCUT2D eigenvalue weighted by Crippen LogP contribution is 2.27. The van der Waals surface area contributed by atoms with E-state index in [4.69, 9.17) is 9.72 Å². The van der Waals surface area contributed by atoms with Crippen LogP contribution in [-0.4, -0.2) is 53.1 Å². The van der Waals surface area contributed by atoms with Crippen molar-refractivity contribution in [3.63, 3.8) is 0 Å². The normalized spacial score (nSPS) is 11.0. The summed E-state index contributed by atoms with van der Waals surface area (Å²) in [6.07, 6.45) is 1.90. The largest absolute Gasteiger partial charge is 0.497 e. The molecule has 0 bridgehead atoms. The first-order valence-electron chi connectivity index (χ1n) is 12.4. The molecule has 0 saturated heterocycles. The second kappa shape index (κ2) is 12.2. The number of amides is 3. The van der Waals surface area contributed by atoms with Crippen LogP contribution >= 0.6 is 0 Å². The minimum Gasteiger partial charge on any atom is -0.497 e. The number of methoxy groups -OCH3 is 1. The fourth-order valence-corrected chi connectivity index (χ4v) is 3.85. The Bertz CT molecular complexity index is 1150. The molecule has 8 heteroatoms. The molecule has 2 aromatic carbocycles. The summed E-state index contributed by atoms with van der Waals surface area (Å²) in [6.45, 7) is 11.1. The molecule has 8 nitrogen and oxygen atoms in total. The van der Waals surface area contributed by atoms with Crippen molar-refractivity contribution in [3.8, 4) is 22.7 Å². The number of nitrogens with zero attached hydrogens (tertiary/aromatic N) is 3. The van der Waals surface area contributed by atoms with E-state index in [1.807, 2.05) is 67.9 Å². The van der Waals surface area contributed by atoms with Gasteiger partial charge in [-0.2, -0.15) is 0 Å². The van der Waals surface area contributed by atoms with E-state index in [-0.39, 0.29) is 24.4 Å². The lowest BCUT2D eigenvalue weighted by Crippen LogP contribution is -2.45. The number of urea groups is 1. The molecule has 0 saturated carbocycles. The lowest BCUT2D eigenvalue weighted by molar-refractivity contribution is -0.116. The van der Waals surface area contributed by atoms with Crippen molar-refractivity contribution in [2.24, 2.45) is 5.92 Å². The highest BCUT2D eigenvalue weighted by atomic mass is 16.5. The molecule has 36 heavy (non-hydrogen) atoms. The van der Waals surface area contributed by atoms with Crippen LogP contribution in [0.5, 0.6) is 5.75 Å². The van der Waals surface area contributed by atoms with E-state index in [0.29, 0.717) is 30.6 Å². The van der Waals surface area contributed by atoms with Crippen LogP contribution in [0.2, 0.25) is 0 Å². The molecule has 0 aliphatic heterocycles. The van der Waals surface area contributed by atoms with Gasteiger partial charge in [-0.3, -0.25) is 14.7 Å². The number of rotatable bonds is 10. The number of ether oxygens (including phenoxy) is 1. The third-order valence-corrected chi connectivity index (χ3v) is 5.72. The SMILES string of the molecule is CCNC(=O)N(CC(=O)Nc1nc(-c2ccc(OC)cc2)cn1-c1ccc(C(C)C)cc1)CC(C)C. The summed E-state index contributed by atoms with van der Waals surface area (Å²) in [5, 5.41) is 5.71. The number of hydrogen-bond acceptors (Lipinski definition) is 4. The van der Waals surface area contributed by atoms with Crippen LogP contribution in [0.3, 0.4) is 0 Å². The molecule has 0 aliphatic rings. The zero-order chi connectivity index (χ0) is 26.2. The van der Waals surface area contributed by atoms with Crippen molar-refractivity contribution in [3.05, 3.63) is 60.3 Å². The maximum absolute atomic E-state index is 13.1. The topological polar surface area (TPSA) is 88.5 Å². The zero-order valence-electron chi connectivity index (χ0n) is 22.0. The first kappa shape index (κ1) is 26.8.